The number of aliphatic hydroxyl groups excluding tert-OH is 1. The summed E-state index contributed by atoms with van der Waals surface area (Å²) < 4.78 is 0. The molecule has 5 nitrogen and oxygen atoms in total. The van der Waals surface area contributed by atoms with E-state index in [1.807, 2.05) is 12.2 Å². The Bertz CT molecular complexity index is 353. The van der Waals surface area contributed by atoms with Gasteiger partial charge in [-0.3, -0.25) is 0 Å². The lowest BCUT2D eigenvalue weighted by Crippen LogP contribution is -2.48. The first-order valence-corrected chi connectivity index (χ1v) is 7.20. The number of nitrogens with one attached hydrogen (secondary N) is 2. The van der Waals surface area contributed by atoms with Crippen LogP contribution in [0.1, 0.15) is 26.7 Å². The molecule has 3 atom stereocenters. The summed E-state index contributed by atoms with van der Waals surface area (Å²) in [6.07, 6.45) is 7.76. The van der Waals surface area contributed by atoms with Gasteiger partial charge in [-0.1, -0.05) is 38.2 Å². The fourth-order valence-electron chi connectivity index (χ4n) is 2.27. The first-order valence-electron chi connectivity index (χ1n) is 7.20. The Morgan fingerprint density at radius 2 is 2.10 bits per heavy atom. The number of amides is 1. The lowest BCUT2D eigenvalue weighted by Gasteiger charge is -2.26. The van der Waals surface area contributed by atoms with E-state index in [9.17, 15) is 9.90 Å². The molecule has 0 saturated carbocycles. The summed E-state index contributed by atoms with van der Waals surface area (Å²) in [5.41, 5.74) is 0. The zero-order valence-corrected chi connectivity index (χ0v) is 12.2. The van der Waals surface area contributed by atoms with Crippen LogP contribution in [0.4, 0.5) is 4.79 Å². The van der Waals surface area contributed by atoms with E-state index < -0.39 is 18.2 Å². The van der Waals surface area contributed by atoms with Crippen LogP contribution in [-0.2, 0) is 0 Å². The lowest BCUT2D eigenvalue weighted by molar-refractivity contribution is 0.109. The van der Waals surface area contributed by atoms with Gasteiger partial charge in [0.1, 0.15) is 0 Å². The molecule has 1 aliphatic rings. The Labute approximate surface area is 120 Å². The van der Waals surface area contributed by atoms with Gasteiger partial charge in [-0.15, -0.1) is 0 Å². The van der Waals surface area contributed by atoms with E-state index in [2.05, 4.69) is 36.6 Å². The summed E-state index contributed by atoms with van der Waals surface area (Å²) in [5, 5.41) is 24.7. The largest absolute Gasteiger partial charge is 0.465 e. The Hall–Kier alpha value is -1.33. The van der Waals surface area contributed by atoms with Gasteiger partial charge >= 0.3 is 6.09 Å². The molecule has 0 fully saturated rings. The van der Waals surface area contributed by atoms with Crippen LogP contribution in [0.15, 0.2) is 24.3 Å². The summed E-state index contributed by atoms with van der Waals surface area (Å²) in [6.45, 7) is 5.38. The van der Waals surface area contributed by atoms with Crippen molar-refractivity contribution in [2.75, 3.05) is 13.1 Å². The van der Waals surface area contributed by atoms with Gasteiger partial charge in [0, 0.05) is 6.54 Å². The Balaban J connectivity index is 2.47. The van der Waals surface area contributed by atoms with Gasteiger partial charge in [-0.05, 0) is 31.2 Å². The number of allylic oxidation sites excluding steroid dienone is 4. The molecule has 1 rings (SSSR count). The van der Waals surface area contributed by atoms with Crippen molar-refractivity contribution < 1.29 is 15.0 Å². The molecular weight excluding hydrogens is 256 g/mol. The zero-order valence-electron chi connectivity index (χ0n) is 12.2. The zero-order chi connectivity index (χ0) is 15.0. The fourth-order valence-corrected chi connectivity index (χ4v) is 2.27. The van der Waals surface area contributed by atoms with Gasteiger partial charge in [-0.25, -0.2) is 4.79 Å². The van der Waals surface area contributed by atoms with Crippen molar-refractivity contribution in [3.63, 3.8) is 0 Å². The highest BCUT2D eigenvalue weighted by atomic mass is 16.4. The van der Waals surface area contributed by atoms with Crippen LogP contribution in [-0.4, -0.2) is 41.5 Å². The molecule has 4 N–H and O–H groups in total. The molecule has 0 aromatic heterocycles. The molecule has 0 bridgehead atoms. The average Bonchev–Trinajstić information content (AvgIpc) is 2.38. The molecule has 0 radical (unpaired) electrons. The van der Waals surface area contributed by atoms with Crippen LogP contribution in [0.25, 0.3) is 0 Å². The Morgan fingerprint density at radius 3 is 2.65 bits per heavy atom. The smallest absolute Gasteiger partial charge is 0.404 e. The van der Waals surface area contributed by atoms with Crippen LogP contribution in [0.2, 0.25) is 0 Å². The summed E-state index contributed by atoms with van der Waals surface area (Å²) in [4.78, 5) is 10.9. The van der Waals surface area contributed by atoms with Crippen molar-refractivity contribution in [3.8, 4) is 0 Å². The van der Waals surface area contributed by atoms with E-state index in [4.69, 9.17) is 5.11 Å². The van der Waals surface area contributed by atoms with E-state index in [-0.39, 0.29) is 5.92 Å². The molecule has 114 valence electrons. The third kappa shape index (κ3) is 6.73. The van der Waals surface area contributed by atoms with Crippen LogP contribution >= 0.6 is 0 Å². The minimum atomic E-state index is -1.09. The number of carbonyl (C=O) groups is 1. The Morgan fingerprint density at radius 1 is 1.35 bits per heavy atom. The molecule has 0 aromatic carbocycles. The second-order valence-corrected chi connectivity index (χ2v) is 5.72. The maximum atomic E-state index is 10.9. The van der Waals surface area contributed by atoms with Gasteiger partial charge in [0.05, 0.1) is 12.1 Å². The first-order chi connectivity index (χ1) is 9.49. The quantitative estimate of drug-likeness (QED) is 0.547. The maximum absolute atomic E-state index is 10.9. The third-order valence-corrected chi connectivity index (χ3v) is 3.31. The number of carboxylic acid groups (broad SMARTS) is 1. The molecule has 1 aliphatic carbocycles. The van der Waals surface area contributed by atoms with Crippen molar-refractivity contribution in [2.45, 2.75) is 38.8 Å². The molecule has 0 spiro atoms. The van der Waals surface area contributed by atoms with E-state index in [0.717, 1.165) is 13.0 Å². The number of aliphatic hydroxyl groups is 1. The molecule has 5 heteroatoms. The van der Waals surface area contributed by atoms with E-state index in [1.165, 1.54) is 0 Å². The van der Waals surface area contributed by atoms with Crippen LogP contribution in [0, 0.1) is 11.8 Å². The van der Waals surface area contributed by atoms with Crippen molar-refractivity contribution in [3.05, 3.63) is 24.3 Å². The molecule has 0 saturated heterocycles. The predicted octanol–water partition coefficient (Wildman–Crippen LogP) is 1.75. The SMILES string of the molecule is CC(C)CNC[C@@H](O)[C@H](CC1C=CC=CC1)NC(=O)O. The highest BCUT2D eigenvalue weighted by Gasteiger charge is 2.24. The molecule has 1 amide bonds. The van der Waals surface area contributed by atoms with Crippen LogP contribution < -0.4 is 10.6 Å². The molecule has 0 aromatic rings. The first kappa shape index (κ1) is 16.7. The van der Waals surface area contributed by atoms with Gasteiger partial charge in [0.25, 0.3) is 0 Å². The minimum Gasteiger partial charge on any atom is -0.465 e. The number of hydrogen-bond acceptors (Lipinski definition) is 3. The standard InChI is InChI=1S/C15H26N2O3/c1-11(2)9-16-10-14(18)13(17-15(19)20)8-12-6-4-3-5-7-12/h3-6,11-14,16-18H,7-10H2,1-2H3,(H,19,20)/t12?,13-,14+/m0/s1. The molecule has 0 heterocycles. The molecule has 0 aliphatic heterocycles. The Kier molecular flexibility index (Phi) is 7.33. The molecular formula is C15H26N2O3. The summed E-state index contributed by atoms with van der Waals surface area (Å²) in [6, 6.07) is -0.451. The van der Waals surface area contributed by atoms with Crippen molar-refractivity contribution >= 4 is 6.09 Å². The predicted molar refractivity (Wildman–Crippen MR) is 79.7 cm³/mol. The van der Waals surface area contributed by atoms with E-state index >= 15 is 0 Å². The molecule has 1 unspecified atom stereocenters. The molecule has 20 heavy (non-hydrogen) atoms. The third-order valence-electron chi connectivity index (χ3n) is 3.31. The summed E-state index contributed by atoms with van der Waals surface area (Å²) in [5.74, 6) is 0.774. The highest BCUT2D eigenvalue weighted by Crippen LogP contribution is 2.19. The minimum absolute atomic E-state index is 0.275. The van der Waals surface area contributed by atoms with Gasteiger partial charge < -0.3 is 20.8 Å². The maximum Gasteiger partial charge on any atom is 0.404 e. The topological polar surface area (TPSA) is 81.6 Å². The summed E-state index contributed by atoms with van der Waals surface area (Å²) in [7, 11) is 0. The van der Waals surface area contributed by atoms with Crippen molar-refractivity contribution in [2.24, 2.45) is 11.8 Å². The second-order valence-electron chi connectivity index (χ2n) is 5.72. The van der Waals surface area contributed by atoms with Gasteiger partial charge in [0.15, 0.2) is 0 Å². The van der Waals surface area contributed by atoms with Crippen molar-refractivity contribution in [1.82, 2.24) is 10.6 Å². The van der Waals surface area contributed by atoms with Crippen molar-refractivity contribution in [1.29, 1.82) is 0 Å². The number of rotatable bonds is 8. The summed E-state index contributed by atoms with van der Waals surface area (Å²) >= 11 is 0. The normalized spacial score (nSPS) is 20.9. The lowest BCUT2D eigenvalue weighted by atomic mass is 9.91. The van der Waals surface area contributed by atoms with Gasteiger partial charge in [0.2, 0.25) is 0 Å². The monoisotopic (exact) mass is 282 g/mol. The fraction of sp³-hybridized carbons (Fsp3) is 0.667. The number of hydrogen-bond donors (Lipinski definition) is 4. The average molecular weight is 282 g/mol. The van der Waals surface area contributed by atoms with E-state index in [1.54, 1.807) is 0 Å². The van der Waals surface area contributed by atoms with E-state index in [0.29, 0.717) is 18.9 Å². The van der Waals surface area contributed by atoms with Gasteiger partial charge in [-0.2, -0.15) is 0 Å². The highest BCUT2D eigenvalue weighted by molar-refractivity contribution is 5.64. The van der Waals surface area contributed by atoms with Crippen LogP contribution in [0.5, 0.6) is 0 Å². The van der Waals surface area contributed by atoms with Crippen LogP contribution in [0.3, 0.4) is 0 Å². The second kappa shape index (κ2) is 8.76.